The Bertz CT molecular complexity index is 949. The normalized spacial score (nSPS) is 11.2. The highest BCUT2D eigenvalue weighted by Crippen LogP contribution is 2.20. The van der Waals surface area contributed by atoms with Crippen LogP contribution in [0.2, 0.25) is 0 Å². The van der Waals surface area contributed by atoms with Gasteiger partial charge in [0.2, 0.25) is 0 Å². The second-order valence-electron chi connectivity index (χ2n) is 4.45. The third kappa shape index (κ3) is 2.07. The van der Waals surface area contributed by atoms with Crippen molar-refractivity contribution >= 4 is 22.4 Å². The number of oxazole rings is 1. The van der Waals surface area contributed by atoms with Gasteiger partial charge in [-0.25, -0.2) is 4.79 Å². The fraction of sp³-hybridized carbons (Fsp3) is 0.0714. The van der Waals surface area contributed by atoms with E-state index < -0.39 is 5.76 Å². The summed E-state index contributed by atoms with van der Waals surface area (Å²) in [5.74, 6) is 0.454. The van der Waals surface area contributed by atoms with Crippen LogP contribution >= 0.6 is 11.3 Å². The summed E-state index contributed by atoms with van der Waals surface area (Å²) in [7, 11) is 0. The summed E-state index contributed by atoms with van der Waals surface area (Å²) in [6.07, 6.45) is 0. The molecular formula is C14H9N3O3S. The summed E-state index contributed by atoms with van der Waals surface area (Å²) in [5.41, 5.74) is 2.14. The molecule has 0 unspecified atom stereocenters. The van der Waals surface area contributed by atoms with Gasteiger partial charge in [-0.05, 0) is 23.6 Å². The highest BCUT2D eigenvalue weighted by molar-refractivity contribution is 7.08. The van der Waals surface area contributed by atoms with Crippen LogP contribution in [-0.2, 0) is 6.54 Å². The third-order valence-electron chi connectivity index (χ3n) is 3.11. The molecule has 0 N–H and O–H groups in total. The zero-order valence-electron chi connectivity index (χ0n) is 10.7. The summed E-state index contributed by atoms with van der Waals surface area (Å²) < 4.78 is 11.9. The van der Waals surface area contributed by atoms with E-state index in [4.69, 9.17) is 8.94 Å². The molecule has 3 heterocycles. The van der Waals surface area contributed by atoms with Gasteiger partial charge in [0.25, 0.3) is 5.89 Å². The molecule has 7 heteroatoms. The van der Waals surface area contributed by atoms with Gasteiger partial charge in [0, 0.05) is 5.38 Å². The first-order chi connectivity index (χ1) is 10.3. The third-order valence-corrected chi connectivity index (χ3v) is 3.79. The molecule has 4 rings (SSSR count). The Hall–Kier alpha value is -2.67. The summed E-state index contributed by atoms with van der Waals surface area (Å²) in [4.78, 5) is 16.2. The number of hydrogen-bond donors (Lipinski definition) is 0. The molecule has 3 aromatic heterocycles. The highest BCUT2D eigenvalue weighted by Gasteiger charge is 2.14. The van der Waals surface area contributed by atoms with Crippen LogP contribution in [-0.4, -0.2) is 14.7 Å². The minimum absolute atomic E-state index is 0.212. The van der Waals surface area contributed by atoms with Crippen molar-refractivity contribution in [1.29, 1.82) is 0 Å². The molecule has 21 heavy (non-hydrogen) atoms. The number of nitrogens with zero attached hydrogens (tertiary/aromatic N) is 3. The van der Waals surface area contributed by atoms with Crippen molar-refractivity contribution in [3.8, 4) is 11.5 Å². The van der Waals surface area contributed by atoms with Crippen molar-refractivity contribution in [2.24, 2.45) is 0 Å². The molecule has 6 nitrogen and oxygen atoms in total. The number of rotatable bonds is 3. The van der Waals surface area contributed by atoms with Crippen LogP contribution in [0.15, 0.2) is 54.8 Å². The summed E-state index contributed by atoms with van der Waals surface area (Å²) >= 11 is 1.56. The summed E-state index contributed by atoms with van der Waals surface area (Å²) in [6.45, 7) is 0.212. The number of para-hydroxylation sites is 2. The molecular weight excluding hydrogens is 290 g/mol. The van der Waals surface area contributed by atoms with Crippen LogP contribution < -0.4 is 5.76 Å². The Morgan fingerprint density at radius 2 is 2.14 bits per heavy atom. The van der Waals surface area contributed by atoms with Crippen molar-refractivity contribution < 1.29 is 8.94 Å². The molecule has 0 aliphatic heterocycles. The minimum Gasteiger partial charge on any atom is -0.408 e. The van der Waals surface area contributed by atoms with E-state index in [0.29, 0.717) is 22.8 Å². The zero-order chi connectivity index (χ0) is 14.2. The SMILES string of the molecule is O=c1oc2ccccc2n1Cc1noc(-c2ccsc2)n1. The van der Waals surface area contributed by atoms with E-state index in [1.807, 2.05) is 35.0 Å². The van der Waals surface area contributed by atoms with Crippen LogP contribution in [0.4, 0.5) is 0 Å². The van der Waals surface area contributed by atoms with Gasteiger partial charge in [0.1, 0.15) is 0 Å². The fourth-order valence-corrected chi connectivity index (χ4v) is 2.76. The molecule has 0 amide bonds. The van der Waals surface area contributed by atoms with E-state index in [9.17, 15) is 4.79 Å². The maximum Gasteiger partial charge on any atom is 0.420 e. The quantitative estimate of drug-likeness (QED) is 0.581. The van der Waals surface area contributed by atoms with Crippen molar-refractivity contribution in [2.45, 2.75) is 6.54 Å². The molecule has 104 valence electrons. The number of aromatic nitrogens is 3. The van der Waals surface area contributed by atoms with Gasteiger partial charge < -0.3 is 8.94 Å². The molecule has 0 atom stereocenters. The molecule has 0 aliphatic rings. The van der Waals surface area contributed by atoms with Crippen molar-refractivity contribution in [3.05, 3.63) is 57.5 Å². The average molecular weight is 299 g/mol. The topological polar surface area (TPSA) is 74.1 Å². The van der Waals surface area contributed by atoms with Crippen molar-refractivity contribution in [1.82, 2.24) is 14.7 Å². The van der Waals surface area contributed by atoms with E-state index in [-0.39, 0.29) is 6.54 Å². The van der Waals surface area contributed by atoms with Crippen molar-refractivity contribution in [3.63, 3.8) is 0 Å². The first kappa shape index (κ1) is 12.1. The molecule has 0 saturated carbocycles. The van der Waals surface area contributed by atoms with Gasteiger partial charge >= 0.3 is 5.76 Å². The van der Waals surface area contributed by atoms with Gasteiger partial charge in [-0.1, -0.05) is 17.3 Å². The average Bonchev–Trinajstić information content (AvgIpc) is 3.20. The second kappa shape index (κ2) is 4.71. The molecule has 0 fully saturated rings. The monoisotopic (exact) mass is 299 g/mol. The van der Waals surface area contributed by atoms with Crippen LogP contribution in [0.3, 0.4) is 0 Å². The fourth-order valence-electron chi connectivity index (χ4n) is 2.13. The summed E-state index contributed by atoms with van der Waals surface area (Å²) in [6, 6.07) is 9.14. The number of benzene rings is 1. The maximum atomic E-state index is 11.9. The van der Waals surface area contributed by atoms with Crippen LogP contribution in [0.1, 0.15) is 5.82 Å². The predicted octanol–water partition coefficient (Wildman–Crippen LogP) is 2.75. The molecule has 0 saturated heterocycles. The highest BCUT2D eigenvalue weighted by atomic mass is 32.1. The number of fused-ring (bicyclic) bond motifs is 1. The van der Waals surface area contributed by atoms with E-state index in [1.54, 1.807) is 17.4 Å². The Balaban J connectivity index is 1.72. The Morgan fingerprint density at radius 1 is 1.24 bits per heavy atom. The van der Waals surface area contributed by atoms with Crippen molar-refractivity contribution in [2.75, 3.05) is 0 Å². The van der Waals surface area contributed by atoms with E-state index in [2.05, 4.69) is 10.1 Å². The van der Waals surface area contributed by atoms with Crippen LogP contribution in [0, 0.1) is 0 Å². The number of hydrogen-bond acceptors (Lipinski definition) is 6. The smallest absolute Gasteiger partial charge is 0.408 e. The summed E-state index contributed by atoms with van der Waals surface area (Å²) in [5, 5.41) is 7.78. The molecule has 4 aromatic rings. The molecule has 1 aromatic carbocycles. The van der Waals surface area contributed by atoms with Gasteiger partial charge in [-0.3, -0.25) is 4.57 Å². The second-order valence-corrected chi connectivity index (χ2v) is 5.23. The lowest BCUT2D eigenvalue weighted by molar-refractivity contribution is 0.418. The standard InChI is InChI=1S/C14H9N3O3S/c18-14-17(10-3-1-2-4-11(10)19-14)7-12-15-13(20-16-12)9-5-6-21-8-9/h1-6,8H,7H2. The maximum absolute atomic E-state index is 11.9. The number of thiophene rings is 1. The van der Waals surface area contributed by atoms with E-state index in [1.165, 1.54) is 4.57 Å². The molecule has 0 aliphatic carbocycles. The first-order valence-corrected chi connectivity index (χ1v) is 7.19. The van der Waals surface area contributed by atoms with Crippen LogP contribution in [0.5, 0.6) is 0 Å². The Morgan fingerprint density at radius 3 is 3.00 bits per heavy atom. The molecule has 0 radical (unpaired) electrons. The van der Waals surface area contributed by atoms with E-state index in [0.717, 1.165) is 5.56 Å². The lowest BCUT2D eigenvalue weighted by atomic mass is 10.3. The van der Waals surface area contributed by atoms with E-state index >= 15 is 0 Å². The van der Waals surface area contributed by atoms with Gasteiger partial charge in [-0.2, -0.15) is 16.3 Å². The van der Waals surface area contributed by atoms with Crippen LogP contribution in [0.25, 0.3) is 22.6 Å². The zero-order valence-corrected chi connectivity index (χ0v) is 11.5. The minimum atomic E-state index is -0.432. The predicted molar refractivity (Wildman–Crippen MR) is 77.2 cm³/mol. The molecule has 0 spiro atoms. The van der Waals surface area contributed by atoms with Gasteiger partial charge in [0.05, 0.1) is 17.6 Å². The van der Waals surface area contributed by atoms with Gasteiger partial charge in [-0.15, -0.1) is 0 Å². The Labute approximate surface area is 122 Å². The first-order valence-electron chi connectivity index (χ1n) is 6.25. The lowest BCUT2D eigenvalue weighted by Crippen LogP contribution is -2.15. The largest absolute Gasteiger partial charge is 0.420 e. The molecule has 0 bridgehead atoms. The Kier molecular flexibility index (Phi) is 2.71. The lowest BCUT2D eigenvalue weighted by Gasteiger charge is -1.96. The van der Waals surface area contributed by atoms with Gasteiger partial charge in [0.15, 0.2) is 11.4 Å².